The number of hydrogen-bond donors (Lipinski definition) is 0. The molecule has 1 unspecified atom stereocenters. The van der Waals surface area contributed by atoms with Gasteiger partial charge in [0.25, 0.3) is 5.91 Å². The Morgan fingerprint density at radius 2 is 2.00 bits per heavy atom. The zero-order valence-corrected chi connectivity index (χ0v) is 13.1. The second-order valence-electron chi connectivity index (χ2n) is 5.28. The van der Waals surface area contributed by atoms with E-state index in [0.29, 0.717) is 11.3 Å². The van der Waals surface area contributed by atoms with Gasteiger partial charge in [0.2, 0.25) is 0 Å². The summed E-state index contributed by atoms with van der Waals surface area (Å²) in [6.07, 6.45) is 2.28. The van der Waals surface area contributed by atoms with Crippen LogP contribution in [0.4, 0.5) is 0 Å². The number of hydrazone groups is 1. The minimum absolute atomic E-state index is 0.0904. The Balaban J connectivity index is 1.72. The highest BCUT2D eigenvalue weighted by Gasteiger charge is 2.35. The largest absolute Gasteiger partial charge is 0.467 e. The first-order chi connectivity index (χ1) is 11.3. The molecule has 1 aromatic carbocycles. The van der Waals surface area contributed by atoms with Crippen molar-refractivity contribution in [2.75, 3.05) is 0 Å². The lowest BCUT2D eigenvalue weighted by atomic mass is 10.0. The average Bonchev–Trinajstić information content (AvgIpc) is 3.35. The molecule has 2 aromatic heterocycles. The van der Waals surface area contributed by atoms with Crippen LogP contribution in [0.2, 0.25) is 0 Å². The van der Waals surface area contributed by atoms with Crippen molar-refractivity contribution < 1.29 is 9.21 Å². The molecule has 0 saturated heterocycles. The molecule has 4 rings (SSSR count). The molecule has 114 valence electrons. The van der Waals surface area contributed by atoms with Crippen LogP contribution < -0.4 is 0 Å². The van der Waals surface area contributed by atoms with E-state index in [-0.39, 0.29) is 11.9 Å². The monoisotopic (exact) mass is 322 g/mol. The molecule has 1 amide bonds. The van der Waals surface area contributed by atoms with E-state index in [2.05, 4.69) is 5.10 Å². The lowest BCUT2D eigenvalue weighted by Crippen LogP contribution is -2.26. The smallest absolute Gasteiger partial charge is 0.284 e. The topological polar surface area (TPSA) is 45.8 Å². The summed E-state index contributed by atoms with van der Waals surface area (Å²) in [7, 11) is 0. The molecule has 1 atom stereocenters. The van der Waals surface area contributed by atoms with E-state index in [1.165, 1.54) is 11.3 Å². The minimum atomic E-state index is -0.199. The van der Waals surface area contributed by atoms with E-state index in [0.717, 1.165) is 17.0 Å². The highest BCUT2D eigenvalue weighted by Crippen LogP contribution is 2.34. The molecular formula is C18H14N2O2S. The number of furan rings is 1. The predicted octanol–water partition coefficient (Wildman–Crippen LogP) is 4.33. The predicted molar refractivity (Wildman–Crippen MR) is 89.5 cm³/mol. The summed E-state index contributed by atoms with van der Waals surface area (Å²) < 4.78 is 5.54. The van der Waals surface area contributed by atoms with E-state index < -0.39 is 0 Å². The van der Waals surface area contributed by atoms with Gasteiger partial charge in [-0.15, -0.1) is 11.3 Å². The average molecular weight is 322 g/mol. The third-order valence-corrected chi connectivity index (χ3v) is 4.69. The minimum Gasteiger partial charge on any atom is -0.467 e. The van der Waals surface area contributed by atoms with Crippen LogP contribution in [0.5, 0.6) is 0 Å². The Hall–Kier alpha value is -2.66. The summed E-state index contributed by atoms with van der Waals surface area (Å²) in [4.78, 5) is 13.5. The lowest BCUT2D eigenvalue weighted by Gasteiger charge is -2.18. The summed E-state index contributed by atoms with van der Waals surface area (Å²) >= 11 is 1.42. The molecule has 3 heterocycles. The van der Waals surface area contributed by atoms with Gasteiger partial charge < -0.3 is 4.42 Å². The number of nitrogens with zero attached hydrogens (tertiary/aromatic N) is 2. The Labute approximate surface area is 137 Å². The molecule has 23 heavy (non-hydrogen) atoms. The first-order valence-corrected chi connectivity index (χ1v) is 8.24. The van der Waals surface area contributed by atoms with Gasteiger partial charge in [0.15, 0.2) is 0 Å². The van der Waals surface area contributed by atoms with Crippen LogP contribution in [0, 0.1) is 0 Å². The van der Waals surface area contributed by atoms with Gasteiger partial charge in [-0.2, -0.15) is 5.10 Å². The maximum absolute atomic E-state index is 12.8. The van der Waals surface area contributed by atoms with Gasteiger partial charge in [0.1, 0.15) is 11.8 Å². The van der Waals surface area contributed by atoms with Crippen LogP contribution in [0.1, 0.15) is 33.5 Å². The molecule has 0 radical (unpaired) electrons. The highest BCUT2D eigenvalue weighted by molar-refractivity contribution is 7.12. The molecule has 1 aliphatic heterocycles. The van der Waals surface area contributed by atoms with Crippen molar-refractivity contribution in [2.45, 2.75) is 12.5 Å². The zero-order valence-electron chi connectivity index (χ0n) is 12.3. The molecule has 1 aliphatic rings. The van der Waals surface area contributed by atoms with Crippen LogP contribution in [0.3, 0.4) is 0 Å². The van der Waals surface area contributed by atoms with Crippen LogP contribution in [0.15, 0.2) is 75.8 Å². The molecule has 0 N–H and O–H groups in total. The normalized spacial score (nSPS) is 17.3. The number of amides is 1. The van der Waals surface area contributed by atoms with E-state index >= 15 is 0 Å². The first kappa shape index (κ1) is 14.0. The molecule has 0 spiro atoms. The second-order valence-corrected chi connectivity index (χ2v) is 6.22. The molecule has 4 nitrogen and oxygen atoms in total. The van der Waals surface area contributed by atoms with Gasteiger partial charge in [-0.25, -0.2) is 5.01 Å². The fourth-order valence-electron chi connectivity index (χ4n) is 2.72. The molecule has 0 bridgehead atoms. The summed E-state index contributed by atoms with van der Waals surface area (Å²) in [5.74, 6) is 0.664. The highest BCUT2D eigenvalue weighted by atomic mass is 32.1. The lowest BCUT2D eigenvalue weighted by molar-refractivity contribution is 0.0698. The van der Waals surface area contributed by atoms with E-state index in [1.807, 2.05) is 60.0 Å². The molecule has 0 aliphatic carbocycles. The summed E-state index contributed by atoms with van der Waals surface area (Å²) in [6.45, 7) is 0. The van der Waals surface area contributed by atoms with Crippen LogP contribution in [0.25, 0.3) is 0 Å². The molecule has 0 fully saturated rings. The van der Waals surface area contributed by atoms with Crippen molar-refractivity contribution >= 4 is 23.0 Å². The Kier molecular flexibility index (Phi) is 3.55. The summed E-state index contributed by atoms with van der Waals surface area (Å²) in [5.41, 5.74) is 1.93. The SMILES string of the molecule is O=C(c1cccs1)N1N=C(c2ccccc2)CC1c1ccco1. The van der Waals surface area contributed by atoms with Gasteiger partial charge in [-0.05, 0) is 29.1 Å². The second kappa shape index (κ2) is 5.85. The Morgan fingerprint density at radius 3 is 2.70 bits per heavy atom. The van der Waals surface area contributed by atoms with Crippen LogP contribution in [-0.2, 0) is 0 Å². The van der Waals surface area contributed by atoms with Crippen molar-refractivity contribution in [3.8, 4) is 0 Å². The quantitative estimate of drug-likeness (QED) is 0.720. The molecule has 0 saturated carbocycles. The van der Waals surface area contributed by atoms with E-state index in [4.69, 9.17) is 4.42 Å². The van der Waals surface area contributed by atoms with Gasteiger partial charge in [0.05, 0.1) is 16.9 Å². The number of carbonyl (C=O) groups excluding carboxylic acids is 1. The van der Waals surface area contributed by atoms with Crippen molar-refractivity contribution in [3.05, 3.63) is 82.4 Å². The molecule has 5 heteroatoms. The van der Waals surface area contributed by atoms with Crippen molar-refractivity contribution in [1.29, 1.82) is 0 Å². The number of benzene rings is 1. The first-order valence-electron chi connectivity index (χ1n) is 7.36. The van der Waals surface area contributed by atoms with Crippen LogP contribution in [-0.4, -0.2) is 16.6 Å². The summed E-state index contributed by atoms with van der Waals surface area (Å²) in [6, 6.07) is 17.2. The van der Waals surface area contributed by atoms with Gasteiger partial charge >= 0.3 is 0 Å². The maximum atomic E-state index is 12.8. The fraction of sp³-hybridized carbons (Fsp3) is 0.111. The van der Waals surface area contributed by atoms with Crippen molar-refractivity contribution in [2.24, 2.45) is 5.10 Å². The van der Waals surface area contributed by atoms with Gasteiger partial charge in [-0.1, -0.05) is 36.4 Å². The molecule has 3 aromatic rings. The number of rotatable bonds is 3. The Bertz CT molecular complexity index is 823. The van der Waals surface area contributed by atoms with Crippen LogP contribution >= 0.6 is 11.3 Å². The number of hydrogen-bond acceptors (Lipinski definition) is 4. The third kappa shape index (κ3) is 2.59. The van der Waals surface area contributed by atoms with Crippen molar-refractivity contribution in [3.63, 3.8) is 0 Å². The van der Waals surface area contributed by atoms with E-state index in [1.54, 1.807) is 11.3 Å². The number of thiophene rings is 1. The van der Waals surface area contributed by atoms with Gasteiger partial charge in [0, 0.05) is 6.42 Å². The summed E-state index contributed by atoms with van der Waals surface area (Å²) in [5, 5.41) is 8.04. The standard InChI is InChI=1S/C18H14N2O2S/c21-18(17-9-5-11-23-17)20-15(16-8-4-10-22-16)12-14(19-20)13-6-2-1-3-7-13/h1-11,15H,12H2. The molecular weight excluding hydrogens is 308 g/mol. The number of carbonyl (C=O) groups is 1. The van der Waals surface area contributed by atoms with E-state index in [9.17, 15) is 4.79 Å². The zero-order chi connectivity index (χ0) is 15.6. The third-order valence-electron chi connectivity index (χ3n) is 3.83. The van der Waals surface area contributed by atoms with Gasteiger partial charge in [-0.3, -0.25) is 4.79 Å². The Morgan fingerprint density at radius 1 is 1.13 bits per heavy atom. The van der Waals surface area contributed by atoms with Crippen molar-refractivity contribution in [1.82, 2.24) is 5.01 Å². The fourth-order valence-corrected chi connectivity index (χ4v) is 3.37. The maximum Gasteiger partial charge on any atom is 0.284 e.